The van der Waals surface area contributed by atoms with E-state index in [4.69, 9.17) is 4.74 Å². The highest BCUT2D eigenvalue weighted by molar-refractivity contribution is 7.89. The van der Waals surface area contributed by atoms with Crippen LogP contribution >= 0.6 is 11.3 Å². The Morgan fingerprint density at radius 3 is 2.54 bits per heavy atom. The normalized spacial score (nSPS) is 18.2. The third-order valence-electron chi connectivity index (χ3n) is 5.34. The molecule has 1 heterocycles. The second-order valence-electron chi connectivity index (χ2n) is 7.67. The lowest BCUT2D eigenvalue weighted by molar-refractivity contribution is 0.402. The summed E-state index contributed by atoms with van der Waals surface area (Å²) in [5, 5.41) is 4.48. The van der Waals surface area contributed by atoms with E-state index in [9.17, 15) is 8.42 Å². The maximum Gasteiger partial charge on any atom is 0.244 e. The number of hydrogen-bond donors (Lipinski definition) is 2. The van der Waals surface area contributed by atoms with E-state index >= 15 is 0 Å². The Morgan fingerprint density at radius 1 is 1.11 bits per heavy atom. The van der Waals surface area contributed by atoms with Gasteiger partial charge < -0.3 is 10.1 Å². The van der Waals surface area contributed by atoms with Gasteiger partial charge in [0.2, 0.25) is 10.0 Å². The molecule has 0 atom stereocenters. The molecule has 2 aliphatic carbocycles. The van der Waals surface area contributed by atoms with Gasteiger partial charge in [0.05, 0.1) is 17.7 Å². The molecule has 2 aromatic rings. The second kappa shape index (κ2) is 8.00. The predicted molar refractivity (Wildman–Crippen MR) is 113 cm³/mol. The smallest absolute Gasteiger partial charge is 0.244 e. The lowest BCUT2D eigenvalue weighted by atomic mass is 9.96. The molecule has 0 radical (unpaired) electrons. The molecule has 2 saturated carbocycles. The summed E-state index contributed by atoms with van der Waals surface area (Å²) in [6, 6.07) is 5.87. The largest absolute Gasteiger partial charge is 0.495 e. The van der Waals surface area contributed by atoms with Gasteiger partial charge in [-0.25, -0.2) is 18.1 Å². The monoisotopic (exact) mass is 421 g/mol. The topological polar surface area (TPSA) is 80.3 Å². The standard InChI is InChI=1S/C20H27N3O3S2/c1-13-19(27-20(21-13)22-15-6-4-3-5-7-15)14-8-11-17(26-2)18(12-14)28(24,25)23-16-9-10-16/h8,11-12,15-16,23H,3-7,9-10H2,1-2H3,(H,21,22). The average molecular weight is 422 g/mol. The van der Waals surface area contributed by atoms with Gasteiger partial charge >= 0.3 is 0 Å². The molecular formula is C20H27N3O3S2. The minimum absolute atomic E-state index is 0.0507. The molecule has 1 aromatic carbocycles. The molecule has 28 heavy (non-hydrogen) atoms. The number of aryl methyl sites for hydroxylation is 1. The molecule has 0 bridgehead atoms. The Balaban J connectivity index is 1.62. The highest BCUT2D eigenvalue weighted by Crippen LogP contribution is 2.37. The molecule has 2 fully saturated rings. The summed E-state index contributed by atoms with van der Waals surface area (Å²) in [4.78, 5) is 5.86. The molecule has 0 saturated heterocycles. The van der Waals surface area contributed by atoms with E-state index in [1.807, 2.05) is 13.0 Å². The van der Waals surface area contributed by atoms with Crippen LogP contribution in [0, 0.1) is 6.92 Å². The molecule has 8 heteroatoms. The van der Waals surface area contributed by atoms with Gasteiger partial charge in [-0.05, 0) is 56.4 Å². The number of hydrogen-bond acceptors (Lipinski definition) is 6. The van der Waals surface area contributed by atoms with Gasteiger partial charge in [-0.15, -0.1) is 0 Å². The molecule has 152 valence electrons. The van der Waals surface area contributed by atoms with Gasteiger partial charge in [-0.3, -0.25) is 0 Å². The molecule has 0 aliphatic heterocycles. The summed E-state index contributed by atoms with van der Waals surface area (Å²) in [6.07, 6.45) is 8.01. The molecular weight excluding hydrogens is 394 g/mol. The van der Waals surface area contributed by atoms with Crippen molar-refractivity contribution in [2.75, 3.05) is 12.4 Å². The first-order valence-electron chi connectivity index (χ1n) is 9.91. The number of sulfonamides is 1. The summed E-state index contributed by atoms with van der Waals surface area (Å²) in [7, 11) is -2.11. The Hall–Kier alpha value is -1.64. The van der Waals surface area contributed by atoms with Crippen LogP contribution in [0.3, 0.4) is 0 Å². The van der Waals surface area contributed by atoms with Crippen LogP contribution in [0.5, 0.6) is 5.75 Å². The van der Waals surface area contributed by atoms with E-state index in [-0.39, 0.29) is 10.9 Å². The summed E-state index contributed by atoms with van der Waals surface area (Å²) >= 11 is 1.59. The van der Waals surface area contributed by atoms with Gasteiger partial charge in [0.15, 0.2) is 5.13 Å². The summed E-state index contributed by atoms with van der Waals surface area (Å²) < 4.78 is 33.6. The number of rotatable bonds is 7. The van der Waals surface area contributed by atoms with E-state index in [0.717, 1.165) is 34.1 Å². The van der Waals surface area contributed by atoms with Gasteiger partial charge in [-0.1, -0.05) is 30.6 Å². The molecule has 2 N–H and O–H groups in total. The number of aromatic nitrogens is 1. The Morgan fingerprint density at radius 2 is 1.86 bits per heavy atom. The molecule has 0 amide bonds. The highest BCUT2D eigenvalue weighted by Gasteiger charge is 2.30. The number of thiazole rings is 1. The van der Waals surface area contributed by atoms with Crippen LogP contribution in [0.2, 0.25) is 0 Å². The van der Waals surface area contributed by atoms with Crippen molar-refractivity contribution in [1.29, 1.82) is 0 Å². The average Bonchev–Trinajstić information content (AvgIpc) is 3.41. The van der Waals surface area contributed by atoms with Crippen LogP contribution in [-0.4, -0.2) is 32.6 Å². The van der Waals surface area contributed by atoms with E-state index in [0.29, 0.717) is 11.8 Å². The van der Waals surface area contributed by atoms with E-state index < -0.39 is 10.0 Å². The number of ether oxygens (including phenoxy) is 1. The Kier molecular flexibility index (Phi) is 5.62. The van der Waals surface area contributed by atoms with Crippen molar-refractivity contribution >= 4 is 26.5 Å². The van der Waals surface area contributed by atoms with Gasteiger partial charge in [0, 0.05) is 12.1 Å². The maximum atomic E-state index is 12.8. The zero-order chi connectivity index (χ0) is 19.7. The molecule has 2 aliphatic rings. The third-order valence-corrected chi connectivity index (χ3v) is 8.02. The third kappa shape index (κ3) is 4.34. The number of methoxy groups -OCH3 is 1. The summed E-state index contributed by atoms with van der Waals surface area (Å²) in [5.74, 6) is 0.361. The first kappa shape index (κ1) is 19.7. The van der Waals surface area contributed by atoms with Crippen LogP contribution in [0.4, 0.5) is 5.13 Å². The minimum Gasteiger partial charge on any atom is -0.495 e. The number of nitrogens with zero attached hydrogens (tertiary/aromatic N) is 1. The maximum absolute atomic E-state index is 12.8. The van der Waals surface area contributed by atoms with E-state index in [1.54, 1.807) is 23.5 Å². The van der Waals surface area contributed by atoms with Gasteiger partial charge in [-0.2, -0.15) is 0 Å². The van der Waals surface area contributed by atoms with Crippen molar-refractivity contribution in [1.82, 2.24) is 9.71 Å². The Labute approximate surface area is 170 Å². The summed E-state index contributed by atoms with van der Waals surface area (Å²) in [6.45, 7) is 1.97. The van der Waals surface area contributed by atoms with Gasteiger partial charge in [0.25, 0.3) is 0 Å². The molecule has 0 spiro atoms. The van der Waals surface area contributed by atoms with Crippen LogP contribution in [0.25, 0.3) is 10.4 Å². The number of benzene rings is 1. The first-order valence-corrected chi connectivity index (χ1v) is 12.2. The highest BCUT2D eigenvalue weighted by atomic mass is 32.2. The van der Waals surface area contributed by atoms with Crippen molar-refractivity contribution in [2.24, 2.45) is 0 Å². The number of nitrogens with one attached hydrogen (secondary N) is 2. The molecule has 1 aromatic heterocycles. The van der Waals surface area contributed by atoms with E-state index in [2.05, 4.69) is 15.0 Å². The van der Waals surface area contributed by atoms with Gasteiger partial charge in [0.1, 0.15) is 10.6 Å². The summed E-state index contributed by atoms with van der Waals surface area (Å²) in [5.41, 5.74) is 1.76. The SMILES string of the molecule is COc1ccc(-c2sc(NC3CCCCC3)nc2C)cc1S(=O)(=O)NC1CC1. The van der Waals surface area contributed by atoms with Crippen LogP contribution < -0.4 is 14.8 Å². The van der Waals surface area contributed by atoms with E-state index in [1.165, 1.54) is 39.2 Å². The molecule has 4 rings (SSSR count). The van der Waals surface area contributed by atoms with Crippen molar-refractivity contribution in [3.05, 3.63) is 23.9 Å². The fraction of sp³-hybridized carbons (Fsp3) is 0.550. The van der Waals surface area contributed by atoms with Crippen molar-refractivity contribution in [2.45, 2.75) is 68.8 Å². The molecule has 0 unspecified atom stereocenters. The van der Waals surface area contributed by atoms with Crippen LogP contribution in [-0.2, 0) is 10.0 Å². The lowest BCUT2D eigenvalue weighted by Gasteiger charge is -2.22. The zero-order valence-corrected chi connectivity index (χ0v) is 18.0. The molecule has 6 nitrogen and oxygen atoms in total. The van der Waals surface area contributed by atoms with Crippen molar-refractivity contribution in [3.63, 3.8) is 0 Å². The quantitative estimate of drug-likeness (QED) is 0.696. The Bertz CT molecular complexity index is 946. The fourth-order valence-electron chi connectivity index (χ4n) is 3.66. The number of anilines is 1. The lowest BCUT2D eigenvalue weighted by Crippen LogP contribution is -2.26. The van der Waals surface area contributed by atoms with Crippen LogP contribution in [0.1, 0.15) is 50.6 Å². The van der Waals surface area contributed by atoms with Crippen LogP contribution in [0.15, 0.2) is 23.1 Å². The minimum atomic E-state index is -3.61. The van der Waals surface area contributed by atoms with Crippen molar-refractivity contribution in [3.8, 4) is 16.2 Å². The van der Waals surface area contributed by atoms with Crippen molar-refractivity contribution < 1.29 is 13.2 Å². The second-order valence-corrected chi connectivity index (χ2v) is 10.4. The zero-order valence-electron chi connectivity index (χ0n) is 16.3. The first-order chi connectivity index (χ1) is 13.5. The fourth-order valence-corrected chi connectivity index (χ4v) is 6.20. The predicted octanol–water partition coefficient (Wildman–Crippen LogP) is 4.31.